The van der Waals surface area contributed by atoms with Gasteiger partial charge in [0.2, 0.25) is 0 Å². The highest BCUT2D eigenvalue weighted by atomic mass is 35.5. The van der Waals surface area contributed by atoms with Crippen LogP contribution < -0.4 is 5.32 Å². The van der Waals surface area contributed by atoms with Crippen LogP contribution in [0.4, 0.5) is 5.69 Å². The number of nitrogens with one attached hydrogen (secondary N) is 1. The van der Waals surface area contributed by atoms with Crippen molar-refractivity contribution in [1.82, 2.24) is 4.98 Å². The van der Waals surface area contributed by atoms with E-state index in [0.29, 0.717) is 5.15 Å². The number of aromatic nitrogens is 1. The van der Waals surface area contributed by atoms with Gasteiger partial charge in [-0.2, -0.15) is 0 Å². The molecule has 0 bridgehead atoms. The summed E-state index contributed by atoms with van der Waals surface area (Å²) in [6.07, 6.45) is 1.70. The summed E-state index contributed by atoms with van der Waals surface area (Å²) in [6.45, 7) is 4.18. The van der Waals surface area contributed by atoms with Crippen molar-refractivity contribution in [2.24, 2.45) is 0 Å². The summed E-state index contributed by atoms with van der Waals surface area (Å²) in [5.74, 6) is 0. The Kier molecular flexibility index (Phi) is 3.46. The van der Waals surface area contributed by atoms with Gasteiger partial charge in [0.1, 0.15) is 5.15 Å². The summed E-state index contributed by atoms with van der Waals surface area (Å²) >= 11 is 7.75. The quantitative estimate of drug-likeness (QED) is 0.825. The Morgan fingerprint density at radius 3 is 2.88 bits per heavy atom. The molecule has 2 nitrogen and oxygen atoms in total. The Hall–Kier alpha value is -1.06. The monoisotopic (exact) mass is 252 g/mol. The van der Waals surface area contributed by atoms with Crippen molar-refractivity contribution in [3.63, 3.8) is 0 Å². The van der Waals surface area contributed by atoms with Crippen molar-refractivity contribution < 1.29 is 0 Å². The molecule has 4 heteroatoms. The highest BCUT2D eigenvalue weighted by molar-refractivity contribution is 7.08. The van der Waals surface area contributed by atoms with Crippen molar-refractivity contribution in [3.8, 4) is 0 Å². The number of halogens is 1. The molecule has 0 saturated heterocycles. The van der Waals surface area contributed by atoms with Crippen LogP contribution in [0.25, 0.3) is 0 Å². The minimum atomic E-state index is 0.162. The fourth-order valence-electron chi connectivity index (χ4n) is 1.54. The number of aryl methyl sites for hydroxylation is 1. The van der Waals surface area contributed by atoms with Crippen LogP contribution in [0, 0.1) is 6.92 Å². The lowest BCUT2D eigenvalue weighted by Crippen LogP contribution is -2.07. The molecule has 84 valence electrons. The van der Waals surface area contributed by atoms with Gasteiger partial charge in [-0.05, 0) is 30.9 Å². The third-order valence-corrected chi connectivity index (χ3v) is 3.66. The molecule has 0 aliphatic rings. The lowest BCUT2D eigenvalue weighted by Gasteiger charge is -2.16. The number of hydrogen-bond acceptors (Lipinski definition) is 3. The van der Waals surface area contributed by atoms with Crippen molar-refractivity contribution in [3.05, 3.63) is 45.4 Å². The fraction of sp³-hybridized carbons (Fsp3) is 0.250. The van der Waals surface area contributed by atoms with Crippen LogP contribution in [0.15, 0.2) is 29.1 Å². The van der Waals surface area contributed by atoms with E-state index < -0.39 is 0 Å². The first-order valence-corrected chi connectivity index (χ1v) is 6.40. The highest BCUT2D eigenvalue weighted by Gasteiger charge is 2.10. The molecule has 2 heterocycles. The van der Waals surface area contributed by atoms with Gasteiger partial charge in [-0.15, -0.1) is 11.3 Å². The molecule has 0 fully saturated rings. The summed E-state index contributed by atoms with van der Waals surface area (Å²) in [5, 5.41) is 8.23. The lowest BCUT2D eigenvalue weighted by molar-refractivity contribution is 0.875. The maximum Gasteiger partial charge on any atom is 0.134 e. The van der Waals surface area contributed by atoms with Gasteiger partial charge in [0, 0.05) is 22.8 Å². The summed E-state index contributed by atoms with van der Waals surface area (Å²) < 4.78 is 0. The average molecular weight is 253 g/mol. The van der Waals surface area contributed by atoms with E-state index in [4.69, 9.17) is 11.6 Å². The molecule has 0 aromatic carbocycles. The van der Waals surface area contributed by atoms with Gasteiger partial charge in [0.25, 0.3) is 0 Å². The zero-order valence-electron chi connectivity index (χ0n) is 9.20. The summed E-state index contributed by atoms with van der Waals surface area (Å²) in [4.78, 5) is 4.08. The van der Waals surface area contributed by atoms with Gasteiger partial charge in [-0.1, -0.05) is 17.7 Å². The number of pyridine rings is 1. The van der Waals surface area contributed by atoms with E-state index in [2.05, 4.69) is 34.9 Å². The number of nitrogens with zero attached hydrogens (tertiary/aromatic N) is 1. The normalized spacial score (nSPS) is 12.4. The minimum Gasteiger partial charge on any atom is -0.378 e. The first-order chi connectivity index (χ1) is 7.68. The molecular weight excluding hydrogens is 240 g/mol. The molecule has 0 spiro atoms. The lowest BCUT2D eigenvalue weighted by atomic mass is 10.1. The van der Waals surface area contributed by atoms with E-state index in [1.165, 1.54) is 5.56 Å². The molecule has 0 aliphatic carbocycles. The van der Waals surface area contributed by atoms with Gasteiger partial charge < -0.3 is 5.32 Å². The van der Waals surface area contributed by atoms with Crippen LogP contribution in [0.5, 0.6) is 0 Å². The van der Waals surface area contributed by atoms with Gasteiger partial charge in [-0.3, -0.25) is 0 Å². The first kappa shape index (κ1) is 11.4. The average Bonchev–Trinajstić information content (AvgIpc) is 2.65. The maximum atomic E-state index is 6.05. The minimum absolute atomic E-state index is 0.162. The predicted octanol–water partition coefficient (Wildman–Crippen LogP) is 4.28. The second-order valence-corrected chi connectivity index (χ2v) is 4.82. The molecule has 2 aromatic rings. The van der Waals surface area contributed by atoms with Crippen LogP contribution in [0.1, 0.15) is 24.1 Å². The number of rotatable bonds is 3. The van der Waals surface area contributed by atoms with E-state index in [-0.39, 0.29) is 6.04 Å². The summed E-state index contributed by atoms with van der Waals surface area (Å²) in [5.41, 5.74) is 3.45. The molecule has 1 N–H and O–H groups in total. The SMILES string of the molecule is Cc1cscc1NC(C)c1cccnc1Cl. The highest BCUT2D eigenvalue weighted by Crippen LogP contribution is 2.27. The maximum absolute atomic E-state index is 6.05. The van der Waals surface area contributed by atoms with Crippen molar-refractivity contribution in [1.29, 1.82) is 0 Å². The smallest absolute Gasteiger partial charge is 0.134 e. The van der Waals surface area contributed by atoms with Crippen LogP contribution in [0.2, 0.25) is 5.15 Å². The third kappa shape index (κ3) is 2.36. The summed E-state index contributed by atoms with van der Waals surface area (Å²) in [6, 6.07) is 4.06. The Morgan fingerprint density at radius 1 is 1.44 bits per heavy atom. The third-order valence-electron chi connectivity index (χ3n) is 2.48. The van der Waals surface area contributed by atoms with Crippen LogP contribution in [-0.4, -0.2) is 4.98 Å². The van der Waals surface area contributed by atoms with E-state index in [9.17, 15) is 0 Å². The second kappa shape index (κ2) is 4.85. The zero-order chi connectivity index (χ0) is 11.5. The molecule has 2 rings (SSSR count). The molecule has 1 unspecified atom stereocenters. The summed E-state index contributed by atoms with van der Waals surface area (Å²) in [7, 11) is 0. The van der Waals surface area contributed by atoms with Crippen molar-refractivity contribution >= 4 is 28.6 Å². The molecule has 2 aromatic heterocycles. The second-order valence-electron chi connectivity index (χ2n) is 3.72. The number of anilines is 1. The predicted molar refractivity (Wildman–Crippen MR) is 70.3 cm³/mol. The molecule has 0 aliphatic heterocycles. The number of hydrogen-bond donors (Lipinski definition) is 1. The Labute approximate surface area is 104 Å². The van der Waals surface area contributed by atoms with Gasteiger partial charge in [0.15, 0.2) is 0 Å². The fourth-order valence-corrected chi connectivity index (χ4v) is 2.61. The zero-order valence-corrected chi connectivity index (χ0v) is 10.8. The molecular formula is C12H13ClN2S. The number of thiophene rings is 1. The van der Waals surface area contributed by atoms with E-state index in [1.54, 1.807) is 17.5 Å². The van der Waals surface area contributed by atoms with E-state index in [1.807, 2.05) is 12.1 Å². The van der Waals surface area contributed by atoms with Crippen LogP contribution in [0.3, 0.4) is 0 Å². The molecule has 0 amide bonds. The standard InChI is InChI=1S/C12H13ClN2S/c1-8-6-16-7-11(8)15-9(2)10-4-3-5-14-12(10)13/h3-7,9,15H,1-2H3. The topological polar surface area (TPSA) is 24.9 Å². The molecule has 1 atom stereocenters. The molecule has 0 saturated carbocycles. The van der Waals surface area contributed by atoms with Crippen molar-refractivity contribution in [2.75, 3.05) is 5.32 Å². The van der Waals surface area contributed by atoms with Gasteiger partial charge in [0.05, 0.1) is 6.04 Å². The van der Waals surface area contributed by atoms with E-state index in [0.717, 1.165) is 11.3 Å². The van der Waals surface area contributed by atoms with Gasteiger partial charge >= 0.3 is 0 Å². The first-order valence-electron chi connectivity index (χ1n) is 5.08. The van der Waals surface area contributed by atoms with Crippen LogP contribution >= 0.6 is 22.9 Å². The Morgan fingerprint density at radius 2 is 2.25 bits per heavy atom. The molecule has 0 radical (unpaired) electrons. The van der Waals surface area contributed by atoms with E-state index >= 15 is 0 Å². The Bertz CT molecular complexity index is 481. The molecule has 16 heavy (non-hydrogen) atoms. The van der Waals surface area contributed by atoms with Gasteiger partial charge in [-0.25, -0.2) is 4.98 Å². The Balaban J connectivity index is 2.18. The largest absolute Gasteiger partial charge is 0.378 e. The van der Waals surface area contributed by atoms with Crippen LogP contribution in [-0.2, 0) is 0 Å². The van der Waals surface area contributed by atoms with Crippen molar-refractivity contribution in [2.45, 2.75) is 19.9 Å².